The third-order valence-electron chi connectivity index (χ3n) is 3.58. The molecule has 25 heavy (non-hydrogen) atoms. The Morgan fingerprint density at radius 2 is 2.08 bits per heavy atom. The van der Waals surface area contributed by atoms with E-state index in [-0.39, 0.29) is 34.4 Å². The molecule has 0 amide bonds. The third-order valence-corrected chi connectivity index (χ3v) is 4.12. The average molecular weight is 383 g/mol. The lowest BCUT2D eigenvalue weighted by Crippen LogP contribution is -2.18. The van der Waals surface area contributed by atoms with Crippen LogP contribution in [-0.4, -0.2) is 31.1 Å². The van der Waals surface area contributed by atoms with Crippen LogP contribution in [0.2, 0.25) is 10.3 Å². The zero-order valence-electron chi connectivity index (χ0n) is 13.4. The number of aromatic amines is 1. The minimum Gasteiger partial charge on any atom is -0.463 e. The van der Waals surface area contributed by atoms with Crippen molar-refractivity contribution in [2.75, 3.05) is 12.3 Å². The maximum absolute atomic E-state index is 12.3. The van der Waals surface area contributed by atoms with Gasteiger partial charge in [0.1, 0.15) is 15.8 Å². The van der Waals surface area contributed by atoms with Crippen molar-refractivity contribution in [1.82, 2.24) is 24.5 Å². The minimum atomic E-state index is -0.382. The van der Waals surface area contributed by atoms with E-state index in [4.69, 9.17) is 33.7 Å². The Morgan fingerprint density at radius 1 is 1.28 bits per heavy atom. The zero-order chi connectivity index (χ0) is 18.0. The number of unbranched alkanes of at least 4 members (excludes halogenated alkanes) is 1. The highest BCUT2D eigenvalue weighted by atomic mass is 35.5. The molecule has 0 spiro atoms. The molecule has 0 aliphatic rings. The van der Waals surface area contributed by atoms with Crippen molar-refractivity contribution in [1.29, 1.82) is 0 Å². The van der Waals surface area contributed by atoms with Gasteiger partial charge in [-0.15, -0.1) is 0 Å². The van der Waals surface area contributed by atoms with Gasteiger partial charge in [0.05, 0.1) is 13.2 Å². The van der Waals surface area contributed by atoms with Crippen LogP contribution in [0.25, 0.3) is 11.2 Å². The SMILES string of the molecule is CCCCOc1nc(N)c2[nH]c(=O)n(Cc3ccc(Cl)nc3Cl)c2n1. The van der Waals surface area contributed by atoms with Crippen molar-refractivity contribution < 1.29 is 4.74 Å². The molecule has 132 valence electrons. The number of fused-ring (bicyclic) bond motifs is 1. The molecule has 0 atom stereocenters. The van der Waals surface area contributed by atoms with Gasteiger partial charge in [-0.25, -0.2) is 9.78 Å². The van der Waals surface area contributed by atoms with Gasteiger partial charge in [-0.1, -0.05) is 42.6 Å². The lowest BCUT2D eigenvalue weighted by molar-refractivity contribution is 0.286. The summed E-state index contributed by atoms with van der Waals surface area (Å²) in [6.07, 6.45) is 1.85. The monoisotopic (exact) mass is 382 g/mol. The Morgan fingerprint density at radius 3 is 2.80 bits per heavy atom. The second-order valence-corrected chi connectivity index (χ2v) is 6.14. The van der Waals surface area contributed by atoms with E-state index in [1.807, 2.05) is 0 Å². The number of aromatic nitrogens is 5. The molecule has 0 aromatic carbocycles. The van der Waals surface area contributed by atoms with Gasteiger partial charge in [-0.05, 0) is 12.5 Å². The maximum atomic E-state index is 12.3. The molecule has 3 aromatic rings. The number of hydrogen-bond acceptors (Lipinski definition) is 6. The number of ether oxygens (including phenoxy) is 1. The van der Waals surface area contributed by atoms with Crippen LogP contribution in [0.5, 0.6) is 6.01 Å². The van der Waals surface area contributed by atoms with Gasteiger partial charge in [0.15, 0.2) is 11.5 Å². The zero-order valence-corrected chi connectivity index (χ0v) is 14.9. The molecule has 8 nitrogen and oxygen atoms in total. The highest BCUT2D eigenvalue weighted by molar-refractivity contribution is 6.32. The van der Waals surface area contributed by atoms with E-state index < -0.39 is 0 Å². The summed E-state index contributed by atoms with van der Waals surface area (Å²) >= 11 is 11.9. The van der Waals surface area contributed by atoms with Crippen molar-refractivity contribution >= 4 is 40.2 Å². The van der Waals surface area contributed by atoms with E-state index in [1.165, 1.54) is 4.57 Å². The highest BCUT2D eigenvalue weighted by Gasteiger charge is 2.16. The van der Waals surface area contributed by atoms with Crippen molar-refractivity contribution in [2.24, 2.45) is 0 Å². The van der Waals surface area contributed by atoms with Crippen molar-refractivity contribution in [3.63, 3.8) is 0 Å². The fraction of sp³-hybridized carbons (Fsp3) is 0.333. The summed E-state index contributed by atoms with van der Waals surface area (Å²) < 4.78 is 6.90. The molecule has 0 fully saturated rings. The number of H-pyrrole nitrogens is 1. The molecular formula is C15H16Cl2N6O2. The van der Waals surface area contributed by atoms with Gasteiger partial charge < -0.3 is 15.5 Å². The molecule has 10 heteroatoms. The number of imidazole rings is 1. The highest BCUT2D eigenvalue weighted by Crippen LogP contribution is 2.21. The van der Waals surface area contributed by atoms with E-state index in [9.17, 15) is 4.79 Å². The fourth-order valence-electron chi connectivity index (χ4n) is 2.28. The molecule has 3 heterocycles. The molecule has 0 saturated heterocycles. The molecule has 0 bridgehead atoms. The predicted octanol–water partition coefficient (Wildman–Crippen LogP) is 2.63. The molecule has 0 aliphatic carbocycles. The molecular weight excluding hydrogens is 367 g/mol. The van der Waals surface area contributed by atoms with Crippen LogP contribution in [0, 0.1) is 0 Å². The summed E-state index contributed by atoms with van der Waals surface area (Å²) in [6.45, 7) is 2.69. The van der Waals surface area contributed by atoms with E-state index in [0.29, 0.717) is 23.3 Å². The Bertz CT molecular complexity index is 969. The summed E-state index contributed by atoms with van der Waals surface area (Å²) in [5.74, 6) is 0.146. The average Bonchev–Trinajstić information content (AvgIpc) is 2.87. The normalized spacial score (nSPS) is 11.2. The van der Waals surface area contributed by atoms with E-state index in [1.54, 1.807) is 12.1 Å². The van der Waals surface area contributed by atoms with Gasteiger partial charge >= 0.3 is 11.7 Å². The Labute approximate surface area is 153 Å². The van der Waals surface area contributed by atoms with Crippen LogP contribution in [0.15, 0.2) is 16.9 Å². The van der Waals surface area contributed by atoms with Crippen molar-refractivity contribution in [3.05, 3.63) is 38.5 Å². The number of anilines is 1. The number of halogens is 2. The Hall–Kier alpha value is -2.32. The summed E-state index contributed by atoms with van der Waals surface area (Å²) in [7, 11) is 0. The van der Waals surface area contributed by atoms with Crippen LogP contribution < -0.4 is 16.2 Å². The summed E-state index contributed by atoms with van der Waals surface area (Å²) in [5.41, 5.74) is 6.85. The molecule has 3 rings (SSSR count). The molecule has 0 radical (unpaired) electrons. The third kappa shape index (κ3) is 3.69. The van der Waals surface area contributed by atoms with Crippen LogP contribution >= 0.6 is 23.2 Å². The number of nitrogens with one attached hydrogen (secondary N) is 1. The topological polar surface area (TPSA) is 112 Å². The van der Waals surface area contributed by atoms with Crippen LogP contribution in [0.4, 0.5) is 5.82 Å². The number of nitrogen functional groups attached to an aromatic ring is 1. The molecule has 3 aromatic heterocycles. The lowest BCUT2D eigenvalue weighted by atomic mass is 10.3. The quantitative estimate of drug-likeness (QED) is 0.500. The molecule has 0 saturated carbocycles. The summed E-state index contributed by atoms with van der Waals surface area (Å²) in [5, 5.41) is 0.494. The smallest absolute Gasteiger partial charge is 0.328 e. The van der Waals surface area contributed by atoms with Gasteiger partial charge in [0.2, 0.25) is 0 Å². The van der Waals surface area contributed by atoms with Gasteiger partial charge in [0.25, 0.3) is 0 Å². The minimum absolute atomic E-state index is 0.131. The number of hydrogen-bond donors (Lipinski definition) is 2. The second kappa shape index (κ2) is 7.28. The number of nitrogens with zero attached hydrogens (tertiary/aromatic N) is 4. The molecule has 3 N–H and O–H groups in total. The number of pyridine rings is 1. The lowest BCUT2D eigenvalue weighted by Gasteiger charge is -2.07. The number of nitrogens with two attached hydrogens (primary N) is 1. The van der Waals surface area contributed by atoms with E-state index >= 15 is 0 Å². The van der Waals surface area contributed by atoms with Crippen molar-refractivity contribution in [2.45, 2.75) is 26.3 Å². The van der Waals surface area contributed by atoms with Gasteiger partial charge in [0, 0.05) is 5.56 Å². The predicted molar refractivity (Wildman–Crippen MR) is 96.3 cm³/mol. The Balaban J connectivity index is 2.02. The molecule has 0 unspecified atom stereocenters. The first kappa shape index (κ1) is 17.5. The van der Waals surface area contributed by atoms with E-state index in [0.717, 1.165) is 12.8 Å². The first-order valence-electron chi connectivity index (χ1n) is 7.69. The van der Waals surface area contributed by atoms with Crippen molar-refractivity contribution in [3.8, 4) is 6.01 Å². The number of rotatable bonds is 6. The van der Waals surface area contributed by atoms with Crippen LogP contribution in [0.3, 0.4) is 0 Å². The van der Waals surface area contributed by atoms with Gasteiger partial charge in [-0.3, -0.25) is 4.57 Å². The molecule has 0 aliphatic heterocycles. The second-order valence-electron chi connectivity index (χ2n) is 5.39. The summed E-state index contributed by atoms with van der Waals surface area (Å²) in [4.78, 5) is 27.3. The largest absolute Gasteiger partial charge is 0.463 e. The first-order valence-corrected chi connectivity index (χ1v) is 8.45. The standard InChI is InChI=1S/C15H16Cl2N6O2/c1-2-3-6-25-14-21-12(18)10-13(22-14)23(15(24)20-10)7-8-4-5-9(16)19-11(8)17/h4-5H,2-3,6-7H2,1H3,(H,20,24)(H2,18,21,22). The summed E-state index contributed by atoms with van der Waals surface area (Å²) in [6, 6.07) is 3.43. The fourth-order valence-corrected chi connectivity index (χ4v) is 2.68. The van der Waals surface area contributed by atoms with E-state index in [2.05, 4.69) is 26.9 Å². The first-order chi connectivity index (χ1) is 12.0. The van der Waals surface area contributed by atoms with Crippen LogP contribution in [-0.2, 0) is 6.54 Å². The maximum Gasteiger partial charge on any atom is 0.328 e. The Kier molecular flexibility index (Phi) is 5.10. The van der Waals surface area contributed by atoms with Gasteiger partial charge in [-0.2, -0.15) is 9.97 Å². The van der Waals surface area contributed by atoms with Crippen LogP contribution in [0.1, 0.15) is 25.3 Å².